The van der Waals surface area contributed by atoms with Crippen molar-refractivity contribution in [2.75, 3.05) is 17.2 Å². The third kappa shape index (κ3) is 4.77. The lowest BCUT2D eigenvalue weighted by Crippen LogP contribution is -2.05. The molecule has 0 aliphatic rings. The molecular weight excluding hydrogens is 473 g/mol. The van der Waals surface area contributed by atoms with Crippen LogP contribution >= 0.6 is 34.8 Å². The molecule has 166 valence electrons. The SMILES string of the molecule is Cc1ccc(NCCc2cc(Nc3ccc(Cl)cc3)cc3c2[nH]c2cc(Cl)c(Cl)cc23)cc1. The lowest BCUT2D eigenvalue weighted by molar-refractivity contribution is 1.03. The first kappa shape index (κ1) is 22.0. The molecule has 0 unspecified atom stereocenters. The lowest BCUT2D eigenvalue weighted by Gasteiger charge is -2.12. The molecule has 0 aliphatic carbocycles. The van der Waals surface area contributed by atoms with Crippen LogP contribution in [0.15, 0.2) is 72.8 Å². The minimum absolute atomic E-state index is 0.540. The second kappa shape index (κ2) is 9.18. The van der Waals surface area contributed by atoms with Gasteiger partial charge < -0.3 is 15.6 Å². The topological polar surface area (TPSA) is 39.8 Å². The molecule has 0 radical (unpaired) electrons. The predicted molar refractivity (Wildman–Crippen MR) is 144 cm³/mol. The molecule has 5 rings (SSSR count). The molecule has 3 N–H and O–H groups in total. The van der Waals surface area contributed by atoms with Crippen molar-refractivity contribution < 1.29 is 0 Å². The zero-order valence-corrected chi connectivity index (χ0v) is 20.2. The summed E-state index contributed by atoms with van der Waals surface area (Å²) < 4.78 is 0. The van der Waals surface area contributed by atoms with Gasteiger partial charge in [-0.05, 0) is 79.6 Å². The molecule has 6 heteroatoms. The van der Waals surface area contributed by atoms with Gasteiger partial charge in [-0.3, -0.25) is 0 Å². The fourth-order valence-corrected chi connectivity index (χ4v) is 4.51. The number of hydrogen-bond acceptors (Lipinski definition) is 2. The molecule has 0 bridgehead atoms. The Kier molecular flexibility index (Phi) is 6.11. The van der Waals surface area contributed by atoms with Crippen molar-refractivity contribution in [3.63, 3.8) is 0 Å². The smallest absolute Gasteiger partial charge is 0.0613 e. The van der Waals surface area contributed by atoms with Gasteiger partial charge in [-0.2, -0.15) is 0 Å². The number of aromatic nitrogens is 1. The average Bonchev–Trinajstić information content (AvgIpc) is 3.14. The van der Waals surface area contributed by atoms with E-state index in [0.717, 1.165) is 51.8 Å². The highest BCUT2D eigenvalue weighted by Crippen LogP contribution is 2.36. The Morgan fingerprint density at radius 3 is 2.18 bits per heavy atom. The zero-order chi connectivity index (χ0) is 22.9. The van der Waals surface area contributed by atoms with Crippen LogP contribution in [0.5, 0.6) is 0 Å². The van der Waals surface area contributed by atoms with E-state index in [2.05, 4.69) is 58.9 Å². The number of aromatic amines is 1. The minimum Gasteiger partial charge on any atom is -0.385 e. The highest BCUT2D eigenvalue weighted by Gasteiger charge is 2.13. The van der Waals surface area contributed by atoms with Crippen molar-refractivity contribution >= 4 is 73.7 Å². The van der Waals surface area contributed by atoms with Crippen LogP contribution in [0.4, 0.5) is 17.1 Å². The quantitative estimate of drug-likeness (QED) is 0.220. The molecule has 0 atom stereocenters. The average molecular weight is 495 g/mol. The fraction of sp³-hybridized carbons (Fsp3) is 0.111. The van der Waals surface area contributed by atoms with Crippen LogP contribution in [-0.2, 0) is 6.42 Å². The van der Waals surface area contributed by atoms with E-state index in [1.165, 1.54) is 11.1 Å². The Hall–Kier alpha value is -2.85. The van der Waals surface area contributed by atoms with Gasteiger partial charge in [0.2, 0.25) is 0 Å². The number of halogens is 3. The second-order valence-corrected chi connectivity index (χ2v) is 9.42. The van der Waals surface area contributed by atoms with Gasteiger partial charge in [0.25, 0.3) is 0 Å². The first-order valence-corrected chi connectivity index (χ1v) is 11.9. The van der Waals surface area contributed by atoms with E-state index >= 15 is 0 Å². The normalized spacial score (nSPS) is 11.3. The van der Waals surface area contributed by atoms with Gasteiger partial charge in [-0.25, -0.2) is 0 Å². The molecule has 0 spiro atoms. The largest absolute Gasteiger partial charge is 0.385 e. The third-order valence-corrected chi connectivity index (χ3v) is 6.71. The van der Waals surface area contributed by atoms with Crippen LogP contribution in [0.25, 0.3) is 21.8 Å². The van der Waals surface area contributed by atoms with Crippen molar-refractivity contribution in [1.82, 2.24) is 4.98 Å². The summed E-state index contributed by atoms with van der Waals surface area (Å²) in [5.41, 5.74) is 7.60. The molecule has 0 fully saturated rings. The molecule has 33 heavy (non-hydrogen) atoms. The Bertz CT molecular complexity index is 1440. The number of fused-ring (bicyclic) bond motifs is 3. The summed E-state index contributed by atoms with van der Waals surface area (Å²) in [6, 6.07) is 24.3. The summed E-state index contributed by atoms with van der Waals surface area (Å²) in [4.78, 5) is 3.55. The van der Waals surface area contributed by atoms with Gasteiger partial charge in [-0.15, -0.1) is 0 Å². The highest BCUT2D eigenvalue weighted by atomic mass is 35.5. The monoisotopic (exact) mass is 493 g/mol. The maximum Gasteiger partial charge on any atom is 0.0613 e. The molecule has 1 heterocycles. The predicted octanol–water partition coefficient (Wildman–Crippen LogP) is 8.99. The number of H-pyrrole nitrogens is 1. The van der Waals surface area contributed by atoms with Gasteiger partial charge in [0, 0.05) is 50.4 Å². The summed E-state index contributed by atoms with van der Waals surface area (Å²) in [5.74, 6) is 0. The van der Waals surface area contributed by atoms with E-state index < -0.39 is 0 Å². The van der Waals surface area contributed by atoms with E-state index in [-0.39, 0.29) is 0 Å². The molecular formula is C27H22Cl3N3. The van der Waals surface area contributed by atoms with Gasteiger partial charge in [0.15, 0.2) is 0 Å². The Labute approximate surface area is 207 Å². The van der Waals surface area contributed by atoms with Crippen LogP contribution < -0.4 is 10.6 Å². The Morgan fingerprint density at radius 2 is 1.42 bits per heavy atom. The molecule has 0 saturated heterocycles. The van der Waals surface area contributed by atoms with E-state index in [1.807, 2.05) is 36.4 Å². The number of anilines is 3. The summed E-state index contributed by atoms with van der Waals surface area (Å²) in [7, 11) is 0. The van der Waals surface area contributed by atoms with Crippen molar-refractivity contribution in [3.8, 4) is 0 Å². The molecule has 1 aromatic heterocycles. The van der Waals surface area contributed by atoms with E-state index in [1.54, 1.807) is 0 Å². The number of benzene rings is 4. The standard InChI is InChI=1S/C27H22Cl3N3/c1-16-2-6-19(7-3-16)31-11-10-17-12-21(32-20-8-4-18(28)5-9-20)13-23-22-14-24(29)25(30)15-26(22)33-27(17)23/h2-9,12-15,31-33H,10-11H2,1H3. The summed E-state index contributed by atoms with van der Waals surface area (Å²) in [6.07, 6.45) is 0.842. The van der Waals surface area contributed by atoms with E-state index in [0.29, 0.717) is 15.1 Å². The van der Waals surface area contributed by atoms with Gasteiger partial charge in [0.05, 0.1) is 10.0 Å². The highest BCUT2D eigenvalue weighted by molar-refractivity contribution is 6.43. The summed E-state index contributed by atoms with van der Waals surface area (Å²) in [6.45, 7) is 2.90. The molecule has 0 amide bonds. The van der Waals surface area contributed by atoms with Gasteiger partial charge >= 0.3 is 0 Å². The summed E-state index contributed by atoms with van der Waals surface area (Å²) in [5, 5.41) is 11.0. The fourth-order valence-electron chi connectivity index (χ4n) is 4.05. The van der Waals surface area contributed by atoms with Crippen LogP contribution in [0.2, 0.25) is 15.1 Å². The Balaban J connectivity index is 1.52. The lowest BCUT2D eigenvalue weighted by atomic mass is 10.0. The number of rotatable bonds is 6. The number of hydrogen-bond donors (Lipinski definition) is 3. The van der Waals surface area contributed by atoms with Crippen LogP contribution in [0.1, 0.15) is 11.1 Å². The minimum atomic E-state index is 0.540. The van der Waals surface area contributed by atoms with Gasteiger partial charge in [0.1, 0.15) is 0 Å². The third-order valence-electron chi connectivity index (χ3n) is 5.74. The zero-order valence-electron chi connectivity index (χ0n) is 18.0. The Morgan fingerprint density at radius 1 is 0.727 bits per heavy atom. The van der Waals surface area contributed by atoms with Crippen molar-refractivity contribution in [2.24, 2.45) is 0 Å². The van der Waals surface area contributed by atoms with Crippen molar-refractivity contribution in [3.05, 3.63) is 99.0 Å². The molecule has 5 aromatic rings. The maximum absolute atomic E-state index is 6.35. The van der Waals surface area contributed by atoms with Crippen LogP contribution in [0, 0.1) is 6.92 Å². The maximum atomic E-state index is 6.35. The summed E-state index contributed by atoms with van der Waals surface area (Å²) >= 11 is 18.7. The van der Waals surface area contributed by atoms with Gasteiger partial charge in [-0.1, -0.05) is 52.5 Å². The van der Waals surface area contributed by atoms with Crippen molar-refractivity contribution in [2.45, 2.75) is 13.3 Å². The molecule has 0 saturated carbocycles. The van der Waals surface area contributed by atoms with Crippen LogP contribution in [0.3, 0.4) is 0 Å². The number of aryl methyl sites for hydroxylation is 1. The van der Waals surface area contributed by atoms with Crippen molar-refractivity contribution in [1.29, 1.82) is 0 Å². The van der Waals surface area contributed by atoms with E-state index in [9.17, 15) is 0 Å². The van der Waals surface area contributed by atoms with Crippen LogP contribution in [-0.4, -0.2) is 11.5 Å². The second-order valence-electron chi connectivity index (χ2n) is 8.17. The molecule has 0 aliphatic heterocycles. The first-order valence-electron chi connectivity index (χ1n) is 10.7. The molecule has 3 nitrogen and oxygen atoms in total. The number of nitrogens with one attached hydrogen (secondary N) is 3. The first-order chi connectivity index (χ1) is 16.0. The van der Waals surface area contributed by atoms with E-state index in [4.69, 9.17) is 34.8 Å². The molecule has 4 aromatic carbocycles.